The molecule has 8 heteroatoms. The van der Waals surface area contributed by atoms with Gasteiger partial charge in [-0.15, -0.1) is 35.3 Å². The molecule has 1 atom stereocenters. The molecule has 1 unspecified atom stereocenters. The minimum Gasteiger partial charge on any atom is -0.356 e. The fourth-order valence-electron chi connectivity index (χ4n) is 3.26. The van der Waals surface area contributed by atoms with Crippen LogP contribution in [0.15, 0.2) is 22.5 Å². The van der Waals surface area contributed by atoms with Crippen molar-refractivity contribution in [3.8, 4) is 0 Å². The molecule has 2 N–H and O–H groups in total. The Balaban J connectivity index is 0.00000261. The number of nitrogens with zero attached hydrogens (tertiary/aromatic N) is 3. The lowest BCUT2D eigenvalue weighted by molar-refractivity contribution is -0.122. The van der Waals surface area contributed by atoms with Gasteiger partial charge in [0.25, 0.3) is 0 Å². The maximum Gasteiger partial charge on any atom is 0.234 e. The topological polar surface area (TPSA) is 60.0 Å². The summed E-state index contributed by atoms with van der Waals surface area (Å²) in [4.78, 5) is 22.4. The SMILES string of the molecule is CN=C(NCC(C)Cc1cccs1)N1CCN(CC(=O)NC2CC2)CC1.I. The Morgan fingerprint density at radius 2 is 2.07 bits per heavy atom. The van der Waals surface area contributed by atoms with Gasteiger partial charge in [-0.2, -0.15) is 0 Å². The van der Waals surface area contributed by atoms with Crippen molar-refractivity contribution in [1.82, 2.24) is 20.4 Å². The second kappa shape index (κ2) is 11.2. The largest absolute Gasteiger partial charge is 0.356 e. The zero-order chi connectivity index (χ0) is 18.4. The van der Waals surface area contributed by atoms with Crippen molar-refractivity contribution in [2.24, 2.45) is 10.9 Å². The number of piperazine rings is 1. The molecule has 0 bridgehead atoms. The number of carbonyl (C=O) groups is 1. The Morgan fingerprint density at radius 1 is 1.33 bits per heavy atom. The van der Waals surface area contributed by atoms with Crippen LogP contribution in [0.25, 0.3) is 0 Å². The number of hydrogen-bond donors (Lipinski definition) is 2. The van der Waals surface area contributed by atoms with Crippen molar-refractivity contribution >= 4 is 47.2 Å². The molecule has 27 heavy (non-hydrogen) atoms. The molecule has 1 aromatic rings. The van der Waals surface area contributed by atoms with Gasteiger partial charge in [-0.25, -0.2) is 0 Å². The van der Waals surface area contributed by atoms with Crippen molar-refractivity contribution in [2.45, 2.75) is 32.2 Å². The summed E-state index contributed by atoms with van der Waals surface area (Å²) in [6.07, 6.45) is 3.39. The number of amides is 1. The quantitative estimate of drug-likeness (QED) is 0.338. The van der Waals surface area contributed by atoms with Crippen molar-refractivity contribution < 1.29 is 4.79 Å². The van der Waals surface area contributed by atoms with E-state index in [0.717, 1.165) is 57.9 Å². The Hall–Kier alpha value is -0.870. The van der Waals surface area contributed by atoms with E-state index in [2.05, 4.69) is 49.9 Å². The highest BCUT2D eigenvalue weighted by Gasteiger charge is 2.25. The maximum atomic E-state index is 11.9. The molecule has 2 fully saturated rings. The van der Waals surface area contributed by atoms with Gasteiger partial charge in [-0.1, -0.05) is 13.0 Å². The van der Waals surface area contributed by atoms with E-state index in [1.165, 1.54) is 4.88 Å². The smallest absolute Gasteiger partial charge is 0.234 e. The number of thiophene rings is 1. The number of aliphatic imine (C=N–C) groups is 1. The molecule has 1 aliphatic carbocycles. The van der Waals surface area contributed by atoms with E-state index in [4.69, 9.17) is 0 Å². The molecule has 3 rings (SSSR count). The maximum absolute atomic E-state index is 11.9. The van der Waals surface area contributed by atoms with Crippen LogP contribution in [0.4, 0.5) is 0 Å². The monoisotopic (exact) mass is 505 g/mol. The molecule has 2 heterocycles. The second-order valence-electron chi connectivity index (χ2n) is 7.42. The number of hydrogen-bond acceptors (Lipinski definition) is 4. The molecule has 1 amide bonds. The van der Waals surface area contributed by atoms with Gasteiger partial charge in [0.05, 0.1) is 6.54 Å². The first-order valence-corrected chi connectivity index (χ1v) is 10.5. The average molecular weight is 505 g/mol. The summed E-state index contributed by atoms with van der Waals surface area (Å²) in [7, 11) is 1.85. The summed E-state index contributed by atoms with van der Waals surface area (Å²) in [5, 5.41) is 8.73. The average Bonchev–Trinajstić information content (AvgIpc) is 3.29. The van der Waals surface area contributed by atoms with Crippen molar-refractivity contribution in [2.75, 3.05) is 46.3 Å². The fraction of sp³-hybridized carbons (Fsp3) is 0.684. The molecular formula is C19H32IN5OS. The molecular weight excluding hydrogens is 473 g/mol. The number of nitrogens with one attached hydrogen (secondary N) is 2. The van der Waals surface area contributed by atoms with E-state index in [9.17, 15) is 4.79 Å². The Morgan fingerprint density at radius 3 is 2.67 bits per heavy atom. The lowest BCUT2D eigenvalue weighted by atomic mass is 10.1. The van der Waals surface area contributed by atoms with Crippen LogP contribution in [0.2, 0.25) is 0 Å². The van der Waals surface area contributed by atoms with Gasteiger partial charge in [-0.05, 0) is 36.6 Å². The number of halogens is 1. The van der Waals surface area contributed by atoms with E-state index in [-0.39, 0.29) is 29.9 Å². The van der Waals surface area contributed by atoms with Crippen molar-refractivity contribution in [3.63, 3.8) is 0 Å². The van der Waals surface area contributed by atoms with Gasteiger partial charge in [-0.3, -0.25) is 14.7 Å². The van der Waals surface area contributed by atoms with Crippen molar-refractivity contribution in [3.05, 3.63) is 22.4 Å². The zero-order valence-electron chi connectivity index (χ0n) is 16.3. The Labute approximate surface area is 183 Å². The summed E-state index contributed by atoms with van der Waals surface area (Å²) in [5.41, 5.74) is 0. The predicted octanol–water partition coefficient (Wildman–Crippen LogP) is 2.02. The standard InChI is InChI=1S/C19H31N5OS.HI/c1-15(12-17-4-3-11-26-17)13-21-19(20-2)24-9-7-23(8-10-24)14-18(25)22-16-5-6-16;/h3-4,11,15-16H,5-10,12-14H2,1-2H3,(H,20,21)(H,22,25);1H. The molecule has 0 aromatic carbocycles. The summed E-state index contributed by atoms with van der Waals surface area (Å²) >= 11 is 1.83. The second-order valence-corrected chi connectivity index (χ2v) is 8.45. The number of rotatable bonds is 7. The molecule has 1 saturated carbocycles. The molecule has 0 radical (unpaired) electrons. The Bertz CT molecular complexity index is 597. The van der Waals surface area contributed by atoms with Crippen LogP contribution < -0.4 is 10.6 Å². The van der Waals surface area contributed by atoms with Crippen molar-refractivity contribution in [1.29, 1.82) is 0 Å². The first-order chi connectivity index (χ1) is 12.6. The number of guanidine groups is 1. The minimum atomic E-state index is 0. The molecule has 0 spiro atoms. The lowest BCUT2D eigenvalue weighted by Gasteiger charge is -2.36. The van der Waals surface area contributed by atoms with Gasteiger partial charge in [0, 0.05) is 50.7 Å². The normalized spacial score (nSPS) is 19.3. The fourth-order valence-corrected chi connectivity index (χ4v) is 4.13. The predicted molar refractivity (Wildman–Crippen MR) is 123 cm³/mol. The third kappa shape index (κ3) is 7.57. The van der Waals surface area contributed by atoms with Crippen LogP contribution in [-0.4, -0.2) is 74.0 Å². The first-order valence-electron chi connectivity index (χ1n) is 9.63. The number of carbonyl (C=O) groups excluding carboxylic acids is 1. The molecule has 1 aliphatic heterocycles. The van der Waals surface area contributed by atoms with Crippen LogP contribution in [0.3, 0.4) is 0 Å². The lowest BCUT2D eigenvalue weighted by Crippen LogP contribution is -2.54. The molecule has 6 nitrogen and oxygen atoms in total. The molecule has 1 saturated heterocycles. The minimum absolute atomic E-state index is 0. The van der Waals surface area contributed by atoms with Gasteiger partial charge < -0.3 is 15.5 Å². The van der Waals surface area contributed by atoms with Crippen LogP contribution in [-0.2, 0) is 11.2 Å². The van der Waals surface area contributed by atoms with E-state index >= 15 is 0 Å². The summed E-state index contributed by atoms with van der Waals surface area (Å²) in [6, 6.07) is 4.76. The highest BCUT2D eigenvalue weighted by Crippen LogP contribution is 2.18. The van der Waals surface area contributed by atoms with Crippen LogP contribution in [0.5, 0.6) is 0 Å². The zero-order valence-corrected chi connectivity index (χ0v) is 19.5. The summed E-state index contributed by atoms with van der Waals surface area (Å²) in [5.74, 6) is 1.72. The van der Waals surface area contributed by atoms with Gasteiger partial charge >= 0.3 is 0 Å². The molecule has 152 valence electrons. The Kier molecular flexibility index (Phi) is 9.31. The van der Waals surface area contributed by atoms with E-state index in [1.54, 1.807) is 0 Å². The van der Waals surface area contributed by atoms with Crippen LogP contribution >= 0.6 is 35.3 Å². The van der Waals surface area contributed by atoms with E-state index < -0.39 is 0 Å². The third-order valence-corrected chi connectivity index (χ3v) is 5.83. The summed E-state index contributed by atoms with van der Waals surface area (Å²) in [6.45, 7) is 7.36. The van der Waals surface area contributed by atoms with E-state index in [1.807, 2.05) is 18.4 Å². The van der Waals surface area contributed by atoms with Gasteiger partial charge in [0.2, 0.25) is 5.91 Å². The van der Waals surface area contributed by atoms with E-state index in [0.29, 0.717) is 18.5 Å². The highest BCUT2D eigenvalue weighted by molar-refractivity contribution is 14.0. The third-order valence-electron chi connectivity index (χ3n) is 4.93. The first kappa shape index (κ1) is 22.4. The molecule has 2 aliphatic rings. The van der Waals surface area contributed by atoms with Gasteiger partial charge in [0.15, 0.2) is 5.96 Å². The summed E-state index contributed by atoms with van der Waals surface area (Å²) < 4.78 is 0. The van der Waals surface area contributed by atoms with Crippen LogP contribution in [0.1, 0.15) is 24.6 Å². The van der Waals surface area contributed by atoms with Gasteiger partial charge in [0.1, 0.15) is 0 Å². The highest BCUT2D eigenvalue weighted by atomic mass is 127. The molecule has 1 aromatic heterocycles. The van der Waals surface area contributed by atoms with Crippen LogP contribution in [0, 0.1) is 5.92 Å².